The van der Waals surface area contributed by atoms with Crippen LogP contribution in [0.15, 0.2) is 47.6 Å². The number of anilines is 1. The molecular weight excluding hydrogens is 348 g/mol. The van der Waals surface area contributed by atoms with Crippen LogP contribution in [0.5, 0.6) is 0 Å². The maximum absolute atomic E-state index is 12.9. The number of halogens is 1. The van der Waals surface area contributed by atoms with E-state index < -0.39 is 17.6 Å². The number of carbonyl (C=O) groups excluding carboxylic acids is 2. The smallest absolute Gasteiger partial charge is 0.422 e. The van der Waals surface area contributed by atoms with Crippen molar-refractivity contribution in [3.8, 4) is 0 Å². The molecule has 0 spiro atoms. The highest BCUT2D eigenvalue weighted by molar-refractivity contribution is 7.80. The zero-order valence-corrected chi connectivity index (χ0v) is 15.1. The van der Waals surface area contributed by atoms with Crippen LogP contribution in [0, 0.1) is 0 Å². The SMILES string of the molecule is CC(C)(C)OC(=O)N(C(=O)c1cnccc1Cl)c1ccccc1S. The van der Waals surface area contributed by atoms with E-state index in [1.165, 1.54) is 18.5 Å². The van der Waals surface area contributed by atoms with Crippen LogP contribution in [0.2, 0.25) is 5.02 Å². The van der Waals surface area contributed by atoms with Crippen LogP contribution < -0.4 is 4.90 Å². The van der Waals surface area contributed by atoms with Crippen molar-refractivity contribution in [1.82, 2.24) is 4.98 Å². The van der Waals surface area contributed by atoms with E-state index in [9.17, 15) is 9.59 Å². The summed E-state index contributed by atoms with van der Waals surface area (Å²) in [5.74, 6) is -0.635. The van der Waals surface area contributed by atoms with Gasteiger partial charge in [0.2, 0.25) is 0 Å². The molecule has 0 saturated heterocycles. The lowest BCUT2D eigenvalue weighted by Gasteiger charge is -2.27. The summed E-state index contributed by atoms with van der Waals surface area (Å²) in [6, 6.07) is 8.21. The number of imide groups is 1. The van der Waals surface area contributed by atoms with Gasteiger partial charge in [-0.05, 0) is 39.0 Å². The number of pyridine rings is 1. The number of carbonyl (C=O) groups is 2. The number of hydrogen-bond donors (Lipinski definition) is 1. The molecule has 0 saturated carbocycles. The summed E-state index contributed by atoms with van der Waals surface area (Å²) in [5.41, 5.74) is -0.360. The zero-order chi connectivity index (χ0) is 17.9. The summed E-state index contributed by atoms with van der Waals surface area (Å²) < 4.78 is 5.36. The summed E-state index contributed by atoms with van der Waals surface area (Å²) in [4.78, 5) is 30.8. The van der Waals surface area contributed by atoms with Crippen LogP contribution in [-0.4, -0.2) is 22.6 Å². The van der Waals surface area contributed by atoms with Crippen molar-refractivity contribution in [2.24, 2.45) is 0 Å². The third-order valence-corrected chi connectivity index (χ3v) is 3.61. The molecular formula is C17H17ClN2O3S. The minimum absolute atomic E-state index is 0.0987. The first-order valence-electron chi connectivity index (χ1n) is 7.15. The lowest BCUT2D eigenvalue weighted by molar-refractivity contribution is 0.0563. The van der Waals surface area contributed by atoms with Gasteiger partial charge in [0, 0.05) is 17.3 Å². The first kappa shape index (κ1) is 18.3. The van der Waals surface area contributed by atoms with E-state index in [0.29, 0.717) is 10.6 Å². The largest absolute Gasteiger partial charge is 0.443 e. The van der Waals surface area contributed by atoms with Crippen LogP contribution in [0.25, 0.3) is 0 Å². The van der Waals surface area contributed by atoms with Crippen LogP contribution in [0.1, 0.15) is 31.1 Å². The molecule has 2 rings (SSSR count). The van der Waals surface area contributed by atoms with Gasteiger partial charge in [-0.3, -0.25) is 9.78 Å². The van der Waals surface area contributed by atoms with Crippen molar-refractivity contribution in [1.29, 1.82) is 0 Å². The third-order valence-electron chi connectivity index (χ3n) is 2.90. The second-order valence-electron chi connectivity index (χ2n) is 5.97. The summed E-state index contributed by atoms with van der Waals surface area (Å²) in [7, 11) is 0. The Morgan fingerprint density at radius 3 is 2.46 bits per heavy atom. The number of benzene rings is 1. The molecule has 0 bridgehead atoms. The minimum Gasteiger partial charge on any atom is -0.443 e. The first-order valence-corrected chi connectivity index (χ1v) is 7.98. The van der Waals surface area contributed by atoms with Crippen LogP contribution in [0.3, 0.4) is 0 Å². The molecule has 1 aromatic heterocycles. The van der Waals surface area contributed by atoms with Crippen LogP contribution >= 0.6 is 24.2 Å². The van der Waals surface area contributed by atoms with Crippen molar-refractivity contribution >= 4 is 41.9 Å². The lowest BCUT2D eigenvalue weighted by Crippen LogP contribution is -2.41. The molecule has 0 unspecified atom stereocenters. The van der Waals surface area contributed by atoms with Gasteiger partial charge < -0.3 is 4.74 Å². The van der Waals surface area contributed by atoms with Gasteiger partial charge in [-0.25, -0.2) is 9.69 Å². The van der Waals surface area contributed by atoms with Crippen molar-refractivity contribution in [3.63, 3.8) is 0 Å². The van der Waals surface area contributed by atoms with E-state index in [1.807, 2.05) is 0 Å². The Balaban J connectivity index is 2.51. The number of nitrogens with zero attached hydrogens (tertiary/aromatic N) is 2. The van der Waals surface area contributed by atoms with Gasteiger partial charge in [-0.1, -0.05) is 23.7 Å². The first-order chi connectivity index (χ1) is 11.2. The number of para-hydroxylation sites is 1. The molecule has 0 atom stereocenters. The molecule has 7 heteroatoms. The van der Waals surface area contributed by atoms with Gasteiger partial charge in [-0.15, -0.1) is 12.6 Å². The molecule has 1 aromatic carbocycles. The summed E-state index contributed by atoms with van der Waals surface area (Å²) in [5, 5.41) is 0.195. The Bertz CT molecular complexity index is 774. The molecule has 1 heterocycles. The Morgan fingerprint density at radius 1 is 1.21 bits per heavy atom. The Hall–Kier alpha value is -2.05. The number of thiol groups is 1. The normalized spacial score (nSPS) is 11.0. The monoisotopic (exact) mass is 364 g/mol. The summed E-state index contributed by atoms with van der Waals surface area (Å²) >= 11 is 10.4. The average molecular weight is 365 g/mol. The zero-order valence-electron chi connectivity index (χ0n) is 13.5. The molecule has 2 aromatic rings. The van der Waals surface area contributed by atoms with Gasteiger partial charge in [0.05, 0.1) is 16.3 Å². The van der Waals surface area contributed by atoms with Crippen LogP contribution in [0.4, 0.5) is 10.5 Å². The fourth-order valence-corrected chi connectivity index (χ4v) is 2.35. The fraction of sp³-hybridized carbons (Fsp3) is 0.235. The second-order valence-corrected chi connectivity index (χ2v) is 6.85. The fourth-order valence-electron chi connectivity index (χ4n) is 1.91. The highest BCUT2D eigenvalue weighted by Gasteiger charge is 2.31. The van der Waals surface area contributed by atoms with E-state index in [-0.39, 0.29) is 10.6 Å². The number of hydrogen-bond acceptors (Lipinski definition) is 5. The lowest BCUT2D eigenvalue weighted by atomic mass is 10.2. The number of rotatable bonds is 2. The Labute approximate surface area is 151 Å². The summed E-state index contributed by atoms with van der Waals surface area (Å²) in [6.45, 7) is 5.16. The third kappa shape index (κ3) is 4.27. The number of aromatic nitrogens is 1. The Kier molecular flexibility index (Phi) is 5.51. The van der Waals surface area contributed by atoms with E-state index in [0.717, 1.165) is 4.90 Å². The maximum atomic E-state index is 12.9. The van der Waals surface area contributed by atoms with Gasteiger partial charge in [0.15, 0.2) is 0 Å². The minimum atomic E-state index is -0.811. The van der Waals surface area contributed by atoms with Crippen molar-refractivity contribution in [3.05, 3.63) is 53.3 Å². The molecule has 0 radical (unpaired) electrons. The van der Waals surface area contributed by atoms with Crippen molar-refractivity contribution in [2.75, 3.05) is 4.90 Å². The van der Waals surface area contributed by atoms with Gasteiger partial charge in [0.25, 0.3) is 5.91 Å². The summed E-state index contributed by atoms with van der Waals surface area (Å²) in [6.07, 6.45) is 1.96. The molecule has 0 aliphatic heterocycles. The molecule has 0 fully saturated rings. The Morgan fingerprint density at radius 2 is 1.88 bits per heavy atom. The predicted octanol–water partition coefficient (Wildman–Crippen LogP) is 4.61. The highest BCUT2D eigenvalue weighted by atomic mass is 35.5. The quantitative estimate of drug-likeness (QED) is 0.791. The second kappa shape index (κ2) is 7.23. The highest BCUT2D eigenvalue weighted by Crippen LogP contribution is 2.28. The number of amides is 2. The standard InChI is InChI=1S/C17H17ClN2O3S/c1-17(2,3)23-16(22)20(13-6-4-5-7-14(13)24)15(21)11-10-19-9-8-12(11)18/h4-10,24H,1-3H3. The molecule has 24 heavy (non-hydrogen) atoms. The number of ether oxygens (including phenoxy) is 1. The van der Waals surface area contributed by atoms with Gasteiger partial charge >= 0.3 is 6.09 Å². The van der Waals surface area contributed by atoms with Crippen molar-refractivity contribution < 1.29 is 14.3 Å². The van der Waals surface area contributed by atoms with E-state index in [4.69, 9.17) is 16.3 Å². The predicted molar refractivity (Wildman–Crippen MR) is 96.0 cm³/mol. The topological polar surface area (TPSA) is 59.5 Å². The van der Waals surface area contributed by atoms with Crippen LogP contribution in [-0.2, 0) is 4.74 Å². The molecule has 126 valence electrons. The molecule has 0 aliphatic rings. The molecule has 0 aliphatic carbocycles. The molecule has 2 amide bonds. The van der Waals surface area contributed by atoms with Gasteiger partial charge in [-0.2, -0.15) is 0 Å². The molecule has 5 nitrogen and oxygen atoms in total. The van der Waals surface area contributed by atoms with Crippen molar-refractivity contribution in [2.45, 2.75) is 31.3 Å². The van der Waals surface area contributed by atoms with E-state index in [2.05, 4.69) is 17.6 Å². The van der Waals surface area contributed by atoms with E-state index >= 15 is 0 Å². The van der Waals surface area contributed by atoms with Gasteiger partial charge in [0.1, 0.15) is 5.60 Å². The molecule has 0 N–H and O–H groups in total. The average Bonchev–Trinajstić information content (AvgIpc) is 2.48. The maximum Gasteiger partial charge on any atom is 0.422 e. The van der Waals surface area contributed by atoms with E-state index in [1.54, 1.807) is 45.0 Å².